The van der Waals surface area contributed by atoms with E-state index in [1.54, 1.807) is 7.11 Å². The summed E-state index contributed by atoms with van der Waals surface area (Å²) in [4.78, 5) is 0. The van der Waals surface area contributed by atoms with Crippen molar-refractivity contribution >= 4 is 12.4 Å². The van der Waals surface area contributed by atoms with E-state index in [4.69, 9.17) is 4.74 Å². The van der Waals surface area contributed by atoms with Crippen LogP contribution in [0.25, 0.3) is 0 Å². The van der Waals surface area contributed by atoms with Crippen molar-refractivity contribution in [3.8, 4) is 0 Å². The Hall–Kier alpha value is 0.210. The standard InChI is InChI=1S/C5H11NO.ClH/c1-6-4-3-5(4)7-2;/h4-6H,3H2,1-2H3;1H/t4-,5-;/m1./s1. The van der Waals surface area contributed by atoms with Crippen molar-refractivity contribution in [2.24, 2.45) is 0 Å². The van der Waals surface area contributed by atoms with Gasteiger partial charge in [-0.3, -0.25) is 0 Å². The molecule has 0 aromatic rings. The van der Waals surface area contributed by atoms with E-state index in [0.29, 0.717) is 12.1 Å². The van der Waals surface area contributed by atoms with Crippen LogP contribution in [0.15, 0.2) is 0 Å². The largest absolute Gasteiger partial charge is 0.380 e. The third-order valence-corrected chi connectivity index (χ3v) is 1.41. The van der Waals surface area contributed by atoms with Crippen molar-refractivity contribution in [2.45, 2.75) is 18.6 Å². The van der Waals surface area contributed by atoms with Crippen LogP contribution < -0.4 is 5.32 Å². The predicted octanol–water partition coefficient (Wildman–Crippen LogP) is 0.415. The molecular formula is C5H12ClNO. The summed E-state index contributed by atoms with van der Waals surface area (Å²) >= 11 is 0. The lowest BCUT2D eigenvalue weighted by Crippen LogP contribution is -2.13. The molecule has 3 heteroatoms. The number of hydrogen-bond donors (Lipinski definition) is 1. The number of rotatable bonds is 2. The van der Waals surface area contributed by atoms with Gasteiger partial charge in [-0.15, -0.1) is 12.4 Å². The molecule has 1 saturated carbocycles. The van der Waals surface area contributed by atoms with E-state index in [-0.39, 0.29) is 12.4 Å². The Kier molecular flexibility index (Phi) is 3.36. The maximum atomic E-state index is 5.00. The number of hydrogen-bond acceptors (Lipinski definition) is 2. The number of methoxy groups -OCH3 is 1. The lowest BCUT2D eigenvalue weighted by molar-refractivity contribution is 0.175. The summed E-state index contributed by atoms with van der Waals surface area (Å²) in [7, 11) is 3.71. The van der Waals surface area contributed by atoms with Gasteiger partial charge in [-0.25, -0.2) is 0 Å². The Balaban J connectivity index is 0.000000490. The summed E-state index contributed by atoms with van der Waals surface area (Å²) in [6, 6.07) is 0.644. The van der Waals surface area contributed by atoms with Crippen LogP contribution in [0, 0.1) is 0 Å². The number of likely N-dealkylation sites (N-methyl/N-ethyl adjacent to an activating group) is 1. The van der Waals surface area contributed by atoms with Gasteiger partial charge in [0.1, 0.15) is 0 Å². The Morgan fingerprint density at radius 1 is 1.62 bits per heavy atom. The molecule has 2 nitrogen and oxygen atoms in total. The zero-order valence-corrected chi connectivity index (χ0v) is 5.99. The highest BCUT2D eigenvalue weighted by Crippen LogP contribution is 2.22. The number of nitrogens with one attached hydrogen (secondary N) is 1. The highest BCUT2D eigenvalue weighted by atomic mass is 35.5. The molecule has 0 unspecified atom stereocenters. The number of halogens is 1. The average Bonchev–Trinajstić information content (AvgIpc) is 2.43. The first-order valence-electron chi connectivity index (χ1n) is 2.58. The summed E-state index contributed by atoms with van der Waals surface area (Å²) in [6.07, 6.45) is 1.69. The normalized spacial score (nSPS) is 33.8. The molecule has 1 fully saturated rings. The van der Waals surface area contributed by atoms with Crippen LogP contribution in [0.5, 0.6) is 0 Å². The third kappa shape index (κ3) is 1.62. The SMILES string of the molecule is CN[C@@H]1C[C@H]1OC.Cl. The molecule has 1 rings (SSSR count). The maximum Gasteiger partial charge on any atom is 0.0740 e. The number of ether oxygens (including phenoxy) is 1. The Morgan fingerprint density at radius 2 is 2.25 bits per heavy atom. The molecule has 0 radical (unpaired) electrons. The van der Waals surface area contributed by atoms with E-state index in [9.17, 15) is 0 Å². The van der Waals surface area contributed by atoms with E-state index < -0.39 is 0 Å². The lowest BCUT2D eigenvalue weighted by Gasteiger charge is -1.91. The quantitative estimate of drug-likeness (QED) is 0.596. The van der Waals surface area contributed by atoms with Crippen LogP contribution in [-0.2, 0) is 4.74 Å². The van der Waals surface area contributed by atoms with E-state index in [0.717, 1.165) is 0 Å². The van der Waals surface area contributed by atoms with E-state index in [1.807, 2.05) is 7.05 Å². The molecule has 2 atom stereocenters. The molecule has 0 saturated heterocycles. The van der Waals surface area contributed by atoms with Crippen molar-refractivity contribution in [3.05, 3.63) is 0 Å². The predicted molar refractivity (Wildman–Crippen MR) is 35.5 cm³/mol. The molecule has 1 aliphatic rings. The molecule has 0 aromatic heterocycles. The van der Waals surface area contributed by atoms with Gasteiger partial charge in [-0.1, -0.05) is 0 Å². The van der Waals surface area contributed by atoms with Gasteiger partial charge >= 0.3 is 0 Å². The first-order chi connectivity index (χ1) is 3.38. The minimum Gasteiger partial charge on any atom is -0.380 e. The van der Waals surface area contributed by atoms with Crippen molar-refractivity contribution < 1.29 is 4.74 Å². The van der Waals surface area contributed by atoms with Crippen molar-refractivity contribution in [1.82, 2.24) is 5.32 Å². The van der Waals surface area contributed by atoms with E-state index in [2.05, 4.69) is 5.32 Å². The first kappa shape index (κ1) is 8.21. The Labute approximate surface area is 56.0 Å². The van der Waals surface area contributed by atoms with Gasteiger partial charge in [-0.05, 0) is 13.5 Å². The van der Waals surface area contributed by atoms with Gasteiger partial charge in [0.25, 0.3) is 0 Å². The van der Waals surface area contributed by atoms with Crippen LogP contribution in [-0.4, -0.2) is 26.3 Å². The second kappa shape index (κ2) is 3.28. The van der Waals surface area contributed by atoms with Crippen molar-refractivity contribution in [2.75, 3.05) is 14.2 Å². The zero-order chi connectivity index (χ0) is 5.28. The van der Waals surface area contributed by atoms with E-state index in [1.165, 1.54) is 6.42 Å². The minimum absolute atomic E-state index is 0. The van der Waals surface area contributed by atoms with Gasteiger partial charge < -0.3 is 10.1 Å². The van der Waals surface area contributed by atoms with Gasteiger partial charge in [0.15, 0.2) is 0 Å². The van der Waals surface area contributed by atoms with Crippen LogP contribution in [0.2, 0.25) is 0 Å². The minimum atomic E-state index is 0. The lowest BCUT2D eigenvalue weighted by atomic mass is 10.7. The fourth-order valence-electron chi connectivity index (χ4n) is 0.736. The van der Waals surface area contributed by atoms with Gasteiger partial charge in [0.05, 0.1) is 6.10 Å². The molecule has 0 heterocycles. The summed E-state index contributed by atoms with van der Waals surface area (Å²) in [5, 5.41) is 3.11. The average molecular weight is 138 g/mol. The second-order valence-electron chi connectivity index (χ2n) is 1.91. The molecule has 8 heavy (non-hydrogen) atoms. The topological polar surface area (TPSA) is 21.3 Å². The summed E-state index contributed by atoms with van der Waals surface area (Å²) < 4.78 is 5.00. The van der Waals surface area contributed by atoms with Crippen LogP contribution in [0.1, 0.15) is 6.42 Å². The molecule has 0 spiro atoms. The Bertz CT molecular complexity index is 61.4. The first-order valence-corrected chi connectivity index (χ1v) is 2.58. The van der Waals surface area contributed by atoms with Crippen molar-refractivity contribution in [3.63, 3.8) is 0 Å². The van der Waals surface area contributed by atoms with Gasteiger partial charge in [-0.2, -0.15) is 0 Å². The maximum absolute atomic E-state index is 5.00. The monoisotopic (exact) mass is 137 g/mol. The molecule has 0 amide bonds. The van der Waals surface area contributed by atoms with Gasteiger partial charge in [0.2, 0.25) is 0 Å². The molecule has 1 N–H and O–H groups in total. The fraction of sp³-hybridized carbons (Fsp3) is 1.00. The second-order valence-corrected chi connectivity index (χ2v) is 1.91. The summed E-state index contributed by atoms with van der Waals surface area (Å²) in [6.45, 7) is 0. The smallest absolute Gasteiger partial charge is 0.0740 e. The molecule has 0 bridgehead atoms. The highest BCUT2D eigenvalue weighted by Gasteiger charge is 2.35. The van der Waals surface area contributed by atoms with Gasteiger partial charge in [0, 0.05) is 13.2 Å². The fourth-order valence-corrected chi connectivity index (χ4v) is 0.736. The molecule has 0 aliphatic heterocycles. The van der Waals surface area contributed by atoms with Crippen LogP contribution in [0.4, 0.5) is 0 Å². The summed E-state index contributed by atoms with van der Waals surface area (Å²) in [5.74, 6) is 0. The highest BCUT2D eigenvalue weighted by molar-refractivity contribution is 5.85. The molecule has 1 aliphatic carbocycles. The molecule has 0 aromatic carbocycles. The third-order valence-electron chi connectivity index (χ3n) is 1.41. The van der Waals surface area contributed by atoms with E-state index >= 15 is 0 Å². The van der Waals surface area contributed by atoms with Crippen LogP contribution >= 0.6 is 12.4 Å². The van der Waals surface area contributed by atoms with Crippen molar-refractivity contribution in [1.29, 1.82) is 0 Å². The van der Waals surface area contributed by atoms with Crippen LogP contribution in [0.3, 0.4) is 0 Å². The zero-order valence-electron chi connectivity index (χ0n) is 5.18. The molecular weight excluding hydrogens is 126 g/mol. The summed E-state index contributed by atoms with van der Waals surface area (Å²) in [5.41, 5.74) is 0. The molecule has 50 valence electrons. The Morgan fingerprint density at radius 3 is 2.38 bits per heavy atom.